The number of ether oxygens (including phenoxy) is 1. The lowest BCUT2D eigenvalue weighted by Crippen LogP contribution is -2.40. The zero-order chi connectivity index (χ0) is 25.6. The lowest BCUT2D eigenvalue weighted by molar-refractivity contribution is -0.137. The summed E-state index contributed by atoms with van der Waals surface area (Å²) in [5.74, 6) is -0.0632. The summed E-state index contributed by atoms with van der Waals surface area (Å²) in [6.45, 7) is 3.46. The molecule has 0 unspecified atom stereocenters. The van der Waals surface area contributed by atoms with Gasteiger partial charge in [-0.15, -0.1) is 0 Å². The molecule has 0 aromatic heterocycles. The quantitative estimate of drug-likeness (QED) is 0.447. The Hall–Kier alpha value is -3.53. The smallest absolute Gasteiger partial charge is 0.416 e. The molecule has 0 aliphatic heterocycles. The third kappa shape index (κ3) is 6.75. The Bertz CT molecular complexity index is 1280. The van der Waals surface area contributed by atoms with Crippen molar-refractivity contribution >= 4 is 21.6 Å². The van der Waals surface area contributed by atoms with E-state index in [0.29, 0.717) is 22.7 Å². The number of halogens is 3. The molecule has 0 spiro atoms. The topological polar surface area (TPSA) is 75.7 Å². The first-order chi connectivity index (χ1) is 16.5. The third-order valence-electron chi connectivity index (χ3n) is 5.06. The van der Waals surface area contributed by atoms with Gasteiger partial charge in [0.2, 0.25) is 5.91 Å². The standard InChI is InChI=1S/C25H25F3N2O4S/c1-3-34-22-9-4-6-19(14-22)16-29-24(31)17-30(21-8-5-7-20(15-21)25(26,27)28)35(32,33)23-12-10-18(2)11-13-23/h4-15H,3,16-17H2,1-2H3,(H,29,31). The Morgan fingerprint density at radius 1 is 1.00 bits per heavy atom. The Morgan fingerprint density at radius 3 is 2.34 bits per heavy atom. The summed E-state index contributed by atoms with van der Waals surface area (Å²) in [5.41, 5.74) is 0.235. The summed E-state index contributed by atoms with van der Waals surface area (Å²) < 4.78 is 72.8. The van der Waals surface area contributed by atoms with Gasteiger partial charge in [0.05, 0.1) is 22.8 Å². The molecule has 0 heterocycles. The van der Waals surface area contributed by atoms with Gasteiger partial charge in [-0.25, -0.2) is 8.42 Å². The van der Waals surface area contributed by atoms with E-state index in [4.69, 9.17) is 4.74 Å². The maximum absolute atomic E-state index is 13.4. The second-order valence-electron chi connectivity index (χ2n) is 7.73. The molecule has 0 saturated heterocycles. The number of hydrogen-bond donors (Lipinski definition) is 1. The molecule has 35 heavy (non-hydrogen) atoms. The number of sulfonamides is 1. The van der Waals surface area contributed by atoms with Gasteiger partial charge in [-0.2, -0.15) is 13.2 Å². The Balaban J connectivity index is 1.89. The van der Waals surface area contributed by atoms with E-state index in [1.54, 1.807) is 43.3 Å². The van der Waals surface area contributed by atoms with Crippen LogP contribution in [0.2, 0.25) is 0 Å². The fourth-order valence-corrected chi connectivity index (χ4v) is 4.70. The van der Waals surface area contributed by atoms with Crippen LogP contribution in [-0.4, -0.2) is 27.5 Å². The van der Waals surface area contributed by atoms with E-state index in [0.717, 1.165) is 23.3 Å². The number of amides is 1. The van der Waals surface area contributed by atoms with E-state index in [9.17, 15) is 26.4 Å². The van der Waals surface area contributed by atoms with E-state index in [1.165, 1.54) is 18.2 Å². The van der Waals surface area contributed by atoms with Gasteiger partial charge in [0.15, 0.2) is 0 Å². The number of aryl methyl sites for hydroxylation is 1. The van der Waals surface area contributed by atoms with Gasteiger partial charge < -0.3 is 10.1 Å². The normalized spacial score (nSPS) is 11.7. The summed E-state index contributed by atoms with van der Waals surface area (Å²) >= 11 is 0. The third-order valence-corrected chi connectivity index (χ3v) is 6.84. The van der Waals surface area contributed by atoms with Crippen molar-refractivity contribution in [2.45, 2.75) is 31.5 Å². The summed E-state index contributed by atoms with van der Waals surface area (Å²) in [5, 5.41) is 2.62. The number of alkyl halides is 3. The Kier molecular flexibility index (Phi) is 8.06. The van der Waals surface area contributed by atoms with Crippen molar-refractivity contribution in [1.82, 2.24) is 5.32 Å². The first kappa shape index (κ1) is 26.1. The molecule has 0 fully saturated rings. The number of rotatable bonds is 9. The number of hydrogen-bond acceptors (Lipinski definition) is 4. The molecule has 0 radical (unpaired) electrons. The van der Waals surface area contributed by atoms with Crippen LogP contribution in [0, 0.1) is 6.92 Å². The highest BCUT2D eigenvalue weighted by Crippen LogP contribution is 2.33. The molecule has 3 aromatic rings. The lowest BCUT2D eigenvalue weighted by atomic mass is 10.2. The first-order valence-electron chi connectivity index (χ1n) is 10.8. The van der Waals surface area contributed by atoms with Crippen molar-refractivity contribution in [2.75, 3.05) is 17.5 Å². The van der Waals surface area contributed by atoms with Crippen LogP contribution >= 0.6 is 0 Å². The van der Waals surface area contributed by atoms with Crippen molar-refractivity contribution in [3.8, 4) is 5.75 Å². The van der Waals surface area contributed by atoms with Crippen LogP contribution in [0.5, 0.6) is 5.75 Å². The molecule has 0 bridgehead atoms. The molecule has 3 rings (SSSR count). The molecular weight excluding hydrogens is 481 g/mol. The fraction of sp³-hybridized carbons (Fsp3) is 0.240. The van der Waals surface area contributed by atoms with Gasteiger partial charge in [-0.1, -0.05) is 35.9 Å². The van der Waals surface area contributed by atoms with Gasteiger partial charge >= 0.3 is 6.18 Å². The molecule has 0 aliphatic carbocycles. The Labute approximate surface area is 202 Å². The van der Waals surface area contributed by atoms with Gasteiger partial charge in [0, 0.05) is 6.54 Å². The molecular formula is C25H25F3N2O4S. The van der Waals surface area contributed by atoms with Crippen molar-refractivity contribution in [2.24, 2.45) is 0 Å². The number of benzene rings is 3. The maximum Gasteiger partial charge on any atom is 0.416 e. The number of carbonyl (C=O) groups is 1. The zero-order valence-electron chi connectivity index (χ0n) is 19.2. The molecule has 3 aromatic carbocycles. The van der Waals surface area contributed by atoms with Gasteiger partial charge in [0.25, 0.3) is 10.0 Å². The minimum atomic E-state index is -4.68. The summed E-state index contributed by atoms with van der Waals surface area (Å²) in [7, 11) is -4.34. The number of anilines is 1. The average Bonchev–Trinajstić information content (AvgIpc) is 2.81. The highest BCUT2D eigenvalue weighted by atomic mass is 32.2. The monoisotopic (exact) mass is 506 g/mol. The highest BCUT2D eigenvalue weighted by Gasteiger charge is 2.33. The minimum Gasteiger partial charge on any atom is -0.494 e. The van der Waals surface area contributed by atoms with Crippen LogP contribution in [0.4, 0.5) is 18.9 Å². The molecule has 10 heteroatoms. The van der Waals surface area contributed by atoms with Crippen LogP contribution in [-0.2, 0) is 27.5 Å². The van der Waals surface area contributed by atoms with Crippen LogP contribution in [0.1, 0.15) is 23.6 Å². The summed E-state index contributed by atoms with van der Waals surface area (Å²) in [4.78, 5) is 12.6. The van der Waals surface area contributed by atoms with Gasteiger partial charge in [0.1, 0.15) is 12.3 Å². The van der Waals surface area contributed by atoms with Crippen molar-refractivity contribution in [3.05, 3.63) is 89.5 Å². The van der Waals surface area contributed by atoms with Crippen LogP contribution in [0.25, 0.3) is 0 Å². The lowest BCUT2D eigenvalue weighted by Gasteiger charge is -2.25. The Morgan fingerprint density at radius 2 is 1.69 bits per heavy atom. The molecule has 6 nitrogen and oxygen atoms in total. The zero-order valence-corrected chi connectivity index (χ0v) is 20.0. The molecule has 0 aliphatic rings. The average molecular weight is 507 g/mol. The van der Waals surface area contributed by atoms with Crippen LogP contribution < -0.4 is 14.4 Å². The fourth-order valence-electron chi connectivity index (χ4n) is 3.29. The van der Waals surface area contributed by atoms with E-state index in [1.807, 2.05) is 6.92 Å². The van der Waals surface area contributed by atoms with Crippen molar-refractivity contribution in [1.29, 1.82) is 0 Å². The van der Waals surface area contributed by atoms with Gasteiger partial charge in [-0.05, 0) is 61.9 Å². The maximum atomic E-state index is 13.4. The van der Waals surface area contributed by atoms with Crippen molar-refractivity contribution in [3.63, 3.8) is 0 Å². The molecule has 186 valence electrons. The first-order valence-corrected chi connectivity index (χ1v) is 12.2. The molecule has 1 amide bonds. The number of carbonyl (C=O) groups excluding carboxylic acids is 1. The molecule has 0 atom stereocenters. The second kappa shape index (κ2) is 10.8. The number of nitrogens with one attached hydrogen (secondary N) is 1. The van der Waals surface area contributed by atoms with E-state index >= 15 is 0 Å². The highest BCUT2D eigenvalue weighted by molar-refractivity contribution is 7.92. The van der Waals surface area contributed by atoms with E-state index < -0.39 is 34.2 Å². The van der Waals surface area contributed by atoms with Crippen molar-refractivity contribution < 1.29 is 31.1 Å². The summed E-state index contributed by atoms with van der Waals surface area (Å²) in [6.07, 6.45) is -4.68. The predicted molar refractivity (Wildman–Crippen MR) is 127 cm³/mol. The van der Waals surface area contributed by atoms with Crippen LogP contribution in [0.15, 0.2) is 77.7 Å². The second-order valence-corrected chi connectivity index (χ2v) is 9.59. The molecule has 0 saturated carbocycles. The van der Waals surface area contributed by atoms with E-state index in [-0.39, 0.29) is 17.1 Å². The summed E-state index contributed by atoms with van der Waals surface area (Å²) in [6, 6.07) is 16.7. The minimum absolute atomic E-state index is 0.0841. The predicted octanol–water partition coefficient (Wildman–Crippen LogP) is 4.92. The largest absolute Gasteiger partial charge is 0.494 e. The molecule has 1 N–H and O–H groups in total. The van der Waals surface area contributed by atoms with Crippen LogP contribution in [0.3, 0.4) is 0 Å². The van der Waals surface area contributed by atoms with Gasteiger partial charge in [-0.3, -0.25) is 9.10 Å². The number of nitrogens with zero attached hydrogens (tertiary/aromatic N) is 1. The SMILES string of the molecule is CCOc1cccc(CNC(=O)CN(c2cccc(C(F)(F)F)c2)S(=O)(=O)c2ccc(C)cc2)c1. The van der Waals surface area contributed by atoms with E-state index in [2.05, 4.69) is 5.32 Å².